The summed E-state index contributed by atoms with van der Waals surface area (Å²) >= 11 is 12.1. The number of amides is 1. The zero-order valence-corrected chi connectivity index (χ0v) is 17.8. The van der Waals surface area contributed by atoms with Gasteiger partial charge in [0.15, 0.2) is 0 Å². The van der Waals surface area contributed by atoms with Gasteiger partial charge in [0.2, 0.25) is 5.91 Å². The number of piperidine rings is 1. The summed E-state index contributed by atoms with van der Waals surface area (Å²) in [5, 5.41) is 5.26. The highest BCUT2D eigenvalue weighted by Gasteiger charge is 2.40. The van der Waals surface area contributed by atoms with Crippen LogP contribution in [0.2, 0.25) is 10.0 Å². The SMILES string of the molecule is O=C(CNc1cc(Cl)cc(Cl)c1)N1CC[C@H]2CCN(c3ncnc4[nH]ccc34)[C@H]2C1. The van der Waals surface area contributed by atoms with Gasteiger partial charge in [0, 0.05) is 41.6 Å². The van der Waals surface area contributed by atoms with Gasteiger partial charge in [-0.3, -0.25) is 4.79 Å². The highest BCUT2D eigenvalue weighted by Crippen LogP contribution is 2.36. The molecule has 1 aromatic carbocycles. The van der Waals surface area contributed by atoms with Crippen LogP contribution in [0.1, 0.15) is 12.8 Å². The lowest BCUT2D eigenvalue weighted by Gasteiger charge is -2.39. The number of nitrogens with one attached hydrogen (secondary N) is 2. The molecule has 2 aliphatic heterocycles. The van der Waals surface area contributed by atoms with Crippen LogP contribution in [-0.4, -0.2) is 58.0 Å². The number of fused-ring (bicyclic) bond motifs is 2. The summed E-state index contributed by atoms with van der Waals surface area (Å²) in [6.45, 7) is 2.66. The standard InChI is InChI=1S/C21H22Cl2N6O/c22-14-7-15(23)9-16(8-14)25-10-19(30)28-5-2-13-3-6-29(18(13)11-28)21-17-1-4-24-20(17)26-12-27-21/h1,4,7-9,12-13,18,25H,2-3,5-6,10-11H2,(H,24,26,27)/t13-,18-/m0/s1. The van der Waals surface area contributed by atoms with Crippen molar-refractivity contribution in [1.82, 2.24) is 19.9 Å². The molecule has 2 aliphatic rings. The lowest BCUT2D eigenvalue weighted by molar-refractivity contribution is -0.130. The second kappa shape index (κ2) is 7.96. The van der Waals surface area contributed by atoms with Crippen molar-refractivity contribution in [2.75, 3.05) is 36.4 Å². The Bertz CT molecular complexity index is 1070. The Morgan fingerprint density at radius 2 is 1.97 bits per heavy atom. The summed E-state index contributed by atoms with van der Waals surface area (Å²) in [6, 6.07) is 7.50. The fraction of sp³-hybridized carbons (Fsp3) is 0.381. The van der Waals surface area contributed by atoms with Crippen LogP contribution in [0.5, 0.6) is 0 Å². The summed E-state index contributed by atoms with van der Waals surface area (Å²) in [4.78, 5) is 29.2. The van der Waals surface area contributed by atoms with E-state index in [1.54, 1.807) is 24.5 Å². The summed E-state index contributed by atoms with van der Waals surface area (Å²) in [5.41, 5.74) is 1.59. The van der Waals surface area contributed by atoms with Gasteiger partial charge in [0.25, 0.3) is 0 Å². The molecule has 2 atom stereocenters. The molecule has 0 radical (unpaired) electrons. The molecule has 0 bridgehead atoms. The maximum atomic E-state index is 12.9. The van der Waals surface area contributed by atoms with E-state index in [0.29, 0.717) is 22.5 Å². The molecule has 0 aliphatic carbocycles. The van der Waals surface area contributed by atoms with Crippen LogP contribution in [0.3, 0.4) is 0 Å². The maximum absolute atomic E-state index is 12.9. The molecule has 4 heterocycles. The Morgan fingerprint density at radius 3 is 2.80 bits per heavy atom. The molecule has 3 aromatic rings. The van der Waals surface area contributed by atoms with Crippen LogP contribution < -0.4 is 10.2 Å². The molecule has 2 aromatic heterocycles. The van der Waals surface area contributed by atoms with Crippen molar-refractivity contribution >= 4 is 51.6 Å². The third-order valence-electron chi connectivity index (χ3n) is 6.13. The summed E-state index contributed by atoms with van der Waals surface area (Å²) in [7, 11) is 0. The van der Waals surface area contributed by atoms with Gasteiger partial charge in [-0.15, -0.1) is 0 Å². The monoisotopic (exact) mass is 444 g/mol. The van der Waals surface area contributed by atoms with E-state index in [9.17, 15) is 4.79 Å². The molecule has 0 unspecified atom stereocenters. The maximum Gasteiger partial charge on any atom is 0.241 e. The molecule has 2 fully saturated rings. The van der Waals surface area contributed by atoms with Gasteiger partial charge in [-0.25, -0.2) is 9.97 Å². The molecule has 9 heteroatoms. The minimum absolute atomic E-state index is 0.0749. The van der Waals surface area contributed by atoms with Gasteiger partial charge in [-0.05, 0) is 43.0 Å². The quantitative estimate of drug-likeness (QED) is 0.639. The van der Waals surface area contributed by atoms with Crippen molar-refractivity contribution in [1.29, 1.82) is 0 Å². The molecular weight excluding hydrogens is 423 g/mol. The average Bonchev–Trinajstić information content (AvgIpc) is 3.37. The topological polar surface area (TPSA) is 77.2 Å². The third-order valence-corrected chi connectivity index (χ3v) is 6.56. The highest BCUT2D eigenvalue weighted by molar-refractivity contribution is 6.35. The van der Waals surface area contributed by atoms with Crippen LogP contribution in [0.4, 0.5) is 11.5 Å². The van der Waals surface area contributed by atoms with Crippen molar-refractivity contribution in [2.24, 2.45) is 5.92 Å². The number of nitrogens with zero attached hydrogens (tertiary/aromatic N) is 4. The molecule has 5 rings (SSSR count). The van der Waals surface area contributed by atoms with E-state index in [0.717, 1.165) is 48.5 Å². The number of H-pyrrole nitrogens is 1. The van der Waals surface area contributed by atoms with Crippen molar-refractivity contribution < 1.29 is 4.79 Å². The second-order valence-corrected chi connectivity index (χ2v) is 8.76. The summed E-state index contributed by atoms with van der Waals surface area (Å²) in [5.74, 6) is 1.61. The van der Waals surface area contributed by atoms with Crippen molar-refractivity contribution in [3.8, 4) is 0 Å². The Balaban J connectivity index is 1.28. The number of aromatic nitrogens is 3. The zero-order chi connectivity index (χ0) is 20.7. The fourth-order valence-corrected chi connectivity index (χ4v) is 5.19. The number of likely N-dealkylation sites (tertiary alicyclic amines) is 1. The van der Waals surface area contributed by atoms with E-state index >= 15 is 0 Å². The Labute approximate surface area is 184 Å². The van der Waals surface area contributed by atoms with Crippen LogP contribution in [0.25, 0.3) is 11.0 Å². The lowest BCUT2D eigenvalue weighted by Crippen LogP contribution is -2.51. The molecule has 2 saturated heterocycles. The fourth-order valence-electron chi connectivity index (χ4n) is 4.66. The average molecular weight is 445 g/mol. The zero-order valence-electron chi connectivity index (χ0n) is 16.3. The summed E-state index contributed by atoms with van der Waals surface area (Å²) < 4.78 is 0. The molecule has 156 valence electrons. The van der Waals surface area contributed by atoms with Crippen LogP contribution in [0, 0.1) is 5.92 Å². The Hall–Kier alpha value is -2.51. The third kappa shape index (κ3) is 3.68. The van der Waals surface area contributed by atoms with E-state index in [2.05, 4.69) is 25.2 Å². The van der Waals surface area contributed by atoms with Crippen LogP contribution in [-0.2, 0) is 4.79 Å². The second-order valence-electron chi connectivity index (χ2n) is 7.89. The number of halogens is 2. The predicted octanol–water partition coefficient (Wildman–Crippen LogP) is 3.80. The number of benzene rings is 1. The molecule has 2 N–H and O–H groups in total. The lowest BCUT2D eigenvalue weighted by atomic mass is 9.92. The normalized spacial score (nSPS) is 21.1. The van der Waals surface area contributed by atoms with Gasteiger partial charge < -0.3 is 20.1 Å². The number of rotatable bonds is 4. The van der Waals surface area contributed by atoms with E-state index in [1.807, 2.05) is 17.2 Å². The first-order valence-corrected chi connectivity index (χ1v) is 10.9. The number of hydrogen-bond acceptors (Lipinski definition) is 5. The molecule has 0 saturated carbocycles. The minimum Gasteiger partial charge on any atom is -0.376 e. The number of carbonyl (C=O) groups is 1. The van der Waals surface area contributed by atoms with Crippen molar-refractivity contribution in [3.05, 3.63) is 46.8 Å². The Kier molecular flexibility index (Phi) is 5.16. The highest BCUT2D eigenvalue weighted by atomic mass is 35.5. The number of aromatic amines is 1. The van der Waals surface area contributed by atoms with Gasteiger partial charge in [0.1, 0.15) is 17.8 Å². The molecule has 0 spiro atoms. The molecule has 30 heavy (non-hydrogen) atoms. The van der Waals surface area contributed by atoms with Crippen LogP contribution in [0.15, 0.2) is 36.8 Å². The van der Waals surface area contributed by atoms with Crippen molar-refractivity contribution in [3.63, 3.8) is 0 Å². The predicted molar refractivity (Wildman–Crippen MR) is 119 cm³/mol. The van der Waals surface area contributed by atoms with Gasteiger partial charge in [-0.1, -0.05) is 23.2 Å². The van der Waals surface area contributed by atoms with E-state index in [4.69, 9.17) is 23.2 Å². The minimum atomic E-state index is 0.0749. The van der Waals surface area contributed by atoms with E-state index < -0.39 is 0 Å². The number of hydrogen-bond donors (Lipinski definition) is 2. The Morgan fingerprint density at radius 1 is 1.17 bits per heavy atom. The summed E-state index contributed by atoms with van der Waals surface area (Å²) in [6.07, 6.45) is 5.63. The van der Waals surface area contributed by atoms with Crippen molar-refractivity contribution in [2.45, 2.75) is 18.9 Å². The smallest absolute Gasteiger partial charge is 0.241 e. The molecule has 7 nitrogen and oxygen atoms in total. The van der Waals surface area contributed by atoms with E-state index in [1.165, 1.54) is 0 Å². The van der Waals surface area contributed by atoms with Gasteiger partial charge in [0.05, 0.1) is 18.0 Å². The largest absolute Gasteiger partial charge is 0.376 e. The first kappa shape index (κ1) is 19.5. The molecular formula is C21H22Cl2N6O. The van der Waals surface area contributed by atoms with E-state index in [-0.39, 0.29) is 18.5 Å². The van der Waals surface area contributed by atoms with Gasteiger partial charge in [-0.2, -0.15) is 0 Å². The first-order valence-electron chi connectivity index (χ1n) is 10.1. The number of anilines is 2. The first-order chi connectivity index (χ1) is 14.6. The number of carbonyl (C=O) groups excluding carboxylic acids is 1. The van der Waals surface area contributed by atoms with Crippen LogP contribution >= 0.6 is 23.2 Å². The van der Waals surface area contributed by atoms with Gasteiger partial charge >= 0.3 is 0 Å². The molecule has 1 amide bonds.